The topological polar surface area (TPSA) is 12.9 Å². The van der Waals surface area contributed by atoms with Crippen LogP contribution in [0.2, 0.25) is 5.15 Å². The van der Waals surface area contributed by atoms with E-state index < -0.39 is 17.6 Å². The molecule has 6 heteroatoms. The van der Waals surface area contributed by atoms with Crippen molar-refractivity contribution in [2.75, 3.05) is 0 Å². The number of aromatic nitrogens is 1. The van der Waals surface area contributed by atoms with Crippen LogP contribution in [-0.4, -0.2) is 4.98 Å². The van der Waals surface area contributed by atoms with E-state index in [4.69, 9.17) is 11.6 Å². The third-order valence-electron chi connectivity index (χ3n) is 2.33. The Labute approximate surface area is 105 Å². The first-order chi connectivity index (χ1) is 8.39. The predicted molar refractivity (Wildman–Crippen MR) is 59.6 cm³/mol. The number of hydrogen-bond donors (Lipinski definition) is 0. The lowest BCUT2D eigenvalue weighted by Crippen LogP contribution is -2.07. The van der Waals surface area contributed by atoms with Gasteiger partial charge in [0.2, 0.25) is 0 Å². The van der Waals surface area contributed by atoms with Gasteiger partial charge in [-0.15, -0.1) is 0 Å². The van der Waals surface area contributed by atoms with Crippen molar-refractivity contribution < 1.29 is 17.6 Å². The first-order valence-corrected chi connectivity index (χ1v) is 5.25. The van der Waals surface area contributed by atoms with E-state index in [1.807, 2.05) is 0 Å². The lowest BCUT2D eigenvalue weighted by atomic mass is 10.0. The molecule has 18 heavy (non-hydrogen) atoms. The van der Waals surface area contributed by atoms with Crippen molar-refractivity contribution in [1.29, 1.82) is 0 Å². The molecule has 0 spiro atoms. The zero-order valence-corrected chi connectivity index (χ0v) is 9.56. The van der Waals surface area contributed by atoms with Crippen molar-refractivity contribution in [2.24, 2.45) is 0 Å². The van der Waals surface area contributed by atoms with Gasteiger partial charge in [-0.1, -0.05) is 29.8 Å². The molecule has 0 atom stereocenters. The van der Waals surface area contributed by atoms with Crippen molar-refractivity contribution in [3.8, 4) is 11.1 Å². The summed E-state index contributed by atoms with van der Waals surface area (Å²) in [5, 5.41) is -0.173. The quantitative estimate of drug-likeness (QED) is 0.549. The highest BCUT2D eigenvalue weighted by Crippen LogP contribution is 2.38. The molecule has 0 saturated carbocycles. The molecule has 1 aromatic heterocycles. The zero-order valence-electron chi connectivity index (χ0n) is 8.80. The first kappa shape index (κ1) is 12.8. The number of pyridine rings is 1. The van der Waals surface area contributed by atoms with Crippen molar-refractivity contribution >= 4 is 11.6 Å². The largest absolute Gasteiger partial charge is 0.417 e. The normalized spacial score (nSPS) is 11.6. The molecular weight excluding hydrogens is 270 g/mol. The molecule has 0 saturated heterocycles. The summed E-state index contributed by atoms with van der Waals surface area (Å²) in [4.78, 5) is 3.50. The van der Waals surface area contributed by atoms with Crippen molar-refractivity contribution in [1.82, 2.24) is 4.98 Å². The molecule has 0 aliphatic carbocycles. The number of hydrogen-bond acceptors (Lipinski definition) is 1. The van der Waals surface area contributed by atoms with Gasteiger partial charge in [0, 0.05) is 5.56 Å². The Balaban J connectivity index is 2.68. The Bertz CT molecular complexity index is 581. The Kier molecular flexibility index (Phi) is 3.26. The van der Waals surface area contributed by atoms with Gasteiger partial charge in [-0.2, -0.15) is 13.2 Å². The van der Waals surface area contributed by atoms with Crippen LogP contribution in [0.3, 0.4) is 0 Å². The van der Waals surface area contributed by atoms with E-state index in [0.717, 1.165) is 18.3 Å². The van der Waals surface area contributed by atoms with Crippen molar-refractivity contribution in [2.45, 2.75) is 6.18 Å². The zero-order chi connectivity index (χ0) is 13.3. The standard InChI is InChI=1S/C12H6ClF4N/c13-11-9(5-7(14)6-18-11)8-3-1-2-4-10(8)12(15,16)17/h1-6H. The summed E-state index contributed by atoms with van der Waals surface area (Å²) in [7, 11) is 0. The molecule has 2 aromatic rings. The van der Waals surface area contributed by atoms with Gasteiger partial charge >= 0.3 is 6.18 Å². The van der Waals surface area contributed by atoms with Gasteiger partial charge in [-0.05, 0) is 17.7 Å². The predicted octanol–water partition coefficient (Wildman–Crippen LogP) is 4.56. The van der Waals surface area contributed by atoms with E-state index in [9.17, 15) is 17.6 Å². The second kappa shape index (κ2) is 4.57. The maximum absolute atomic E-state index is 13.1. The maximum atomic E-state index is 13.1. The maximum Gasteiger partial charge on any atom is 0.417 e. The van der Waals surface area contributed by atoms with E-state index >= 15 is 0 Å². The number of nitrogens with zero attached hydrogens (tertiary/aromatic N) is 1. The molecule has 0 fully saturated rings. The number of halogens is 5. The highest BCUT2D eigenvalue weighted by molar-refractivity contribution is 6.32. The highest BCUT2D eigenvalue weighted by atomic mass is 35.5. The van der Waals surface area contributed by atoms with Gasteiger partial charge in [0.15, 0.2) is 0 Å². The first-order valence-electron chi connectivity index (χ1n) is 4.87. The van der Waals surface area contributed by atoms with Gasteiger partial charge in [0.1, 0.15) is 11.0 Å². The molecule has 0 bridgehead atoms. The summed E-state index contributed by atoms with van der Waals surface area (Å²) in [6.07, 6.45) is -3.69. The lowest BCUT2D eigenvalue weighted by molar-refractivity contribution is -0.137. The molecule has 0 aliphatic heterocycles. The van der Waals surface area contributed by atoms with E-state index in [1.54, 1.807) is 0 Å². The summed E-state index contributed by atoms with van der Waals surface area (Å²) >= 11 is 5.71. The van der Waals surface area contributed by atoms with Crippen LogP contribution >= 0.6 is 11.6 Å². The fourth-order valence-electron chi connectivity index (χ4n) is 1.58. The fourth-order valence-corrected chi connectivity index (χ4v) is 1.78. The monoisotopic (exact) mass is 275 g/mol. The summed E-state index contributed by atoms with van der Waals surface area (Å²) < 4.78 is 51.5. The van der Waals surface area contributed by atoms with E-state index in [1.165, 1.54) is 18.2 Å². The van der Waals surface area contributed by atoms with Gasteiger partial charge in [0.25, 0.3) is 0 Å². The van der Waals surface area contributed by atoms with Crippen LogP contribution in [0.25, 0.3) is 11.1 Å². The Morgan fingerprint density at radius 1 is 1.06 bits per heavy atom. The molecular formula is C12H6ClF4N. The van der Waals surface area contributed by atoms with Gasteiger partial charge < -0.3 is 0 Å². The van der Waals surface area contributed by atoms with Gasteiger partial charge in [0.05, 0.1) is 11.8 Å². The Morgan fingerprint density at radius 2 is 1.72 bits per heavy atom. The van der Waals surface area contributed by atoms with E-state index in [0.29, 0.717) is 0 Å². The molecule has 94 valence electrons. The molecule has 0 unspecified atom stereocenters. The van der Waals surface area contributed by atoms with Gasteiger partial charge in [-0.3, -0.25) is 0 Å². The number of benzene rings is 1. The van der Waals surface area contributed by atoms with Crippen molar-refractivity contribution in [3.05, 3.63) is 53.1 Å². The molecule has 1 nitrogen and oxygen atoms in total. The third kappa shape index (κ3) is 2.46. The lowest BCUT2D eigenvalue weighted by Gasteiger charge is -2.13. The summed E-state index contributed by atoms with van der Waals surface area (Å²) in [5.74, 6) is -0.744. The molecule has 0 radical (unpaired) electrons. The SMILES string of the molecule is Fc1cnc(Cl)c(-c2ccccc2C(F)(F)F)c1. The second-order valence-corrected chi connectivity index (χ2v) is 3.89. The minimum absolute atomic E-state index is 0.0791. The van der Waals surface area contributed by atoms with Crippen LogP contribution < -0.4 is 0 Å². The number of alkyl halides is 3. The van der Waals surface area contributed by atoms with Crippen LogP contribution in [0.15, 0.2) is 36.5 Å². The molecule has 1 heterocycles. The minimum Gasteiger partial charge on any atom is -0.241 e. The third-order valence-corrected chi connectivity index (χ3v) is 2.63. The van der Waals surface area contributed by atoms with E-state index in [2.05, 4.69) is 4.98 Å². The summed E-state index contributed by atoms with van der Waals surface area (Å²) in [5.41, 5.74) is -1.15. The van der Waals surface area contributed by atoms with Crippen LogP contribution in [-0.2, 0) is 6.18 Å². The van der Waals surface area contributed by atoms with Crippen LogP contribution in [0.4, 0.5) is 17.6 Å². The average Bonchev–Trinajstić information content (AvgIpc) is 2.31. The molecule has 0 amide bonds. The number of rotatable bonds is 1. The van der Waals surface area contributed by atoms with Crippen LogP contribution in [0.1, 0.15) is 5.56 Å². The average molecular weight is 276 g/mol. The van der Waals surface area contributed by atoms with Gasteiger partial charge in [-0.25, -0.2) is 9.37 Å². The highest BCUT2D eigenvalue weighted by Gasteiger charge is 2.33. The second-order valence-electron chi connectivity index (χ2n) is 3.54. The Hall–Kier alpha value is -1.62. The summed E-state index contributed by atoms with van der Waals surface area (Å²) in [6.45, 7) is 0. The van der Waals surface area contributed by atoms with Crippen molar-refractivity contribution in [3.63, 3.8) is 0 Å². The fraction of sp³-hybridized carbons (Fsp3) is 0.0833. The van der Waals surface area contributed by atoms with Crippen LogP contribution in [0, 0.1) is 5.82 Å². The minimum atomic E-state index is -4.54. The smallest absolute Gasteiger partial charge is 0.241 e. The molecule has 0 aliphatic rings. The molecule has 0 N–H and O–H groups in total. The van der Waals surface area contributed by atoms with Crippen LogP contribution in [0.5, 0.6) is 0 Å². The molecule has 1 aromatic carbocycles. The summed E-state index contributed by atoms with van der Waals surface area (Å²) in [6, 6.07) is 5.75. The molecule has 2 rings (SSSR count). The Morgan fingerprint density at radius 3 is 2.39 bits per heavy atom. The van der Waals surface area contributed by atoms with E-state index in [-0.39, 0.29) is 16.3 Å².